The number of methoxy groups -OCH3 is 1. The van der Waals surface area contributed by atoms with Crippen molar-refractivity contribution in [3.63, 3.8) is 0 Å². The van der Waals surface area contributed by atoms with E-state index >= 15 is 0 Å². The normalized spacial score (nSPS) is 10.7. The second-order valence-electron chi connectivity index (χ2n) is 6.07. The fourth-order valence-electron chi connectivity index (χ4n) is 2.67. The first kappa shape index (κ1) is 19.1. The summed E-state index contributed by atoms with van der Waals surface area (Å²) in [6, 6.07) is 16.1. The molecule has 4 rings (SSSR count). The third-order valence-electron chi connectivity index (χ3n) is 4.08. The van der Waals surface area contributed by atoms with Gasteiger partial charge in [0.15, 0.2) is 6.61 Å². The van der Waals surface area contributed by atoms with Crippen molar-refractivity contribution in [1.29, 1.82) is 0 Å². The summed E-state index contributed by atoms with van der Waals surface area (Å²) in [6.07, 6.45) is 0. The maximum Gasteiger partial charge on any atom is 0.437 e. The summed E-state index contributed by atoms with van der Waals surface area (Å²) in [5.41, 5.74) is 1.26. The number of carbonyl (C=O) groups excluding carboxylic acids is 1. The molecular formula is C20H16N4O6. The summed E-state index contributed by atoms with van der Waals surface area (Å²) in [5, 5.41) is 7.88. The fraction of sp³-hybridized carbons (Fsp3) is 0.150. The zero-order valence-corrected chi connectivity index (χ0v) is 15.8. The quantitative estimate of drug-likeness (QED) is 0.424. The molecule has 0 bridgehead atoms. The Labute approximate surface area is 169 Å². The Balaban J connectivity index is 1.39. The number of hydrogen-bond acceptors (Lipinski definition) is 9. The number of para-hydroxylation sites is 1. The minimum atomic E-state index is -0.762. The molecule has 0 aliphatic heterocycles. The molecule has 0 radical (unpaired) electrons. The van der Waals surface area contributed by atoms with Gasteiger partial charge >= 0.3 is 11.7 Å². The highest BCUT2D eigenvalue weighted by Crippen LogP contribution is 2.27. The van der Waals surface area contributed by atoms with Crippen LogP contribution in [0.3, 0.4) is 0 Å². The molecular weight excluding hydrogens is 392 g/mol. The van der Waals surface area contributed by atoms with E-state index in [4.69, 9.17) is 18.4 Å². The van der Waals surface area contributed by atoms with Gasteiger partial charge in [-0.15, -0.1) is 5.10 Å². The number of ether oxygens (including phenoxy) is 2. The first-order valence-corrected chi connectivity index (χ1v) is 8.89. The fourth-order valence-corrected chi connectivity index (χ4v) is 2.67. The monoisotopic (exact) mass is 408 g/mol. The van der Waals surface area contributed by atoms with E-state index in [-0.39, 0.29) is 18.4 Å². The second kappa shape index (κ2) is 8.43. The van der Waals surface area contributed by atoms with E-state index in [1.54, 1.807) is 36.4 Å². The van der Waals surface area contributed by atoms with Crippen molar-refractivity contribution in [2.45, 2.75) is 13.2 Å². The third kappa shape index (κ3) is 4.12. The number of nitrogens with zero attached hydrogens (tertiary/aromatic N) is 4. The lowest BCUT2D eigenvalue weighted by Crippen LogP contribution is -2.23. The van der Waals surface area contributed by atoms with Gasteiger partial charge in [0, 0.05) is 5.56 Å². The number of benzene rings is 2. The van der Waals surface area contributed by atoms with Crippen molar-refractivity contribution in [1.82, 2.24) is 19.9 Å². The molecule has 0 atom stereocenters. The van der Waals surface area contributed by atoms with Crippen molar-refractivity contribution in [3.8, 4) is 28.6 Å². The van der Waals surface area contributed by atoms with E-state index in [2.05, 4.69) is 15.2 Å². The van der Waals surface area contributed by atoms with Crippen LogP contribution in [0.4, 0.5) is 0 Å². The molecule has 10 heteroatoms. The van der Waals surface area contributed by atoms with Crippen LogP contribution >= 0.6 is 0 Å². The van der Waals surface area contributed by atoms with Gasteiger partial charge < -0.3 is 18.4 Å². The van der Waals surface area contributed by atoms with Gasteiger partial charge in [-0.3, -0.25) is 4.79 Å². The predicted molar refractivity (Wildman–Crippen MR) is 102 cm³/mol. The van der Waals surface area contributed by atoms with E-state index < -0.39 is 18.3 Å². The minimum absolute atomic E-state index is 0.0988. The Kier molecular flexibility index (Phi) is 5.37. The van der Waals surface area contributed by atoms with Crippen molar-refractivity contribution in [2.24, 2.45) is 0 Å². The molecule has 0 aliphatic carbocycles. The Bertz CT molecular complexity index is 1210. The SMILES string of the molecule is COc1ccccc1-c1noc(COC(=O)Cn2nc(-c3ccccc3)oc2=O)n1. The van der Waals surface area contributed by atoms with Crippen LogP contribution in [0.25, 0.3) is 22.8 Å². The van der Waals surface area contributed by atoms with Crippen molar-refractivity contribution >= 4 is 5.97 Å². The van der Waals surface area contributed by atoms with E-state index in [9.17, 15) is 9.59 Å². The number of aromatic nitrogens is 4. The first-order valence-electron chi connectivity index (χ1n) is 8.89. The van der Waals surface area contributed by atoms with Gasteiger partial charge in [0.05, 0.1) is 12.7 Å². The Hall–Kier alpha value is -4.21. The van der Waals surface area contributed by atoms with E-state index in [0.29, 0.717) is 22.7 Å². The molecule has 4 aromatic rings. The lowest BCUT2D eigenvalue weighted by Gasteiger charge is -2.03. The predicted octanol–water partition coefficient (Wildman–Crippen LogP) is 2.31. The summed E-state index contributed by atoms with van der Waals surface area (Å²) < 4.78 is 21.4. The second-order valence-corrected chi connectivity index (χ2v) is 6.07. The molecule has 0 saturated carbocycles. The summed E-state index contributed by atoms with van der Waals surface area (Å²) in [5.74, 6) is -0.363. The molecule has 0 unspecified atom stereocenters. The number of rotatable bonds is 7. The average Bonchev–Trinajstić information content (AvgIpc) is 3.40. The molecule has 0 spiro atoms. The van der Waals surface area contributed by atoms with Crippen molar-refractivity contribution in [3.05, 3.63) is 71.0 Å². The molecule has 2 heterocycles. The van der Waals surface area contributed by atoms with Crippen LogP contribution in [0.2, 0.25) is 0 Å². The van der Waals surface area contributed by atoms with Gasteiger partial charge in [0.2, 0.25) is 11.7 Å². The summed E-state index contributed by atoms with van der Waals surface area (Å²) in [6.45, 7) is -0.665. The zero-order chi connectivity index (χ0) is 20.9. The Morgan fingerprint density at radius 2 is 1.87 bits per heavy atom. The van der Waals surface area contributed by atoms with E-state index in [1.165, 1.54) is 7.11 Å². The van der Waals surface area contributed by atoms with Gasteiger partial charge in [0.1, 0.15) is 12.3 Å². The van der Waals surface area contributed by atoms with Gasteiger partial charge in [0.25, 0.3) is 5.89 Å². The van der Waals surface area contributed by atoms with Gasteiger partial charge in [-0.05, 0) is 24.3 Å². The Morgan fingerprint density at radius 3 is 2.67 bits per heavy atom. The Morgan fingerprint density at radius 1 is 1.10 bits per heavy atom. The highest BCUT2D eigenvalue weighted by atomic mass is 16.6. The van der Waals surface area contributed by atoms with Crippen LogP contribution in [0.5, 0.6) is 5.75 Å². The number of esters is 1. The number of hydrogen-bond donors (Lipinski definition) is 0. The van der Waals surface area contributed by atoms with Crippen LogP contribution in [0.1, 0.15) is 5.89 Å². The highest BCUT2D eigenvalue weighted by molar-refractivity contribution is 5.69. The van der Waals surface area contributed by atoms with Crippen LogP contribution in [0.15, 0.2) is 68.3 Å². The standard InChI is InChI=1S/C20H16N4O6/c1-27-15-10-6-5-9-14(15)18-21-16(30-23-18)12-28-17(25)11-24-20(26)29-19(22-24)13-7-3-2-4-8-13/h2-10H,11-12H2,1H3. The van der Waals surface area contributed by atoms with Crippen LogP contribution in [-0.2, 0) is 22.7 Å². The first-order chi connectivity index (χ1) is 14.6. The van der Waals surface area contributed by atoms with E-state index in [0.717, 1.165) is 4.68 Å². The molecule has 30 heavy (non-hydrogen) atoms. The molecule has 0 fully saturated rings. The van der Waals surface area contributed by atoms with Crippen LogP contribution in [-0.4, -0.2) is 33.0 Å². The smallest absolute Gasteiger partial charge is 0.437 e. The molecule has 0 aliphatic rings. The number of carbonyl (C=O) groups is 1. The van der Waals surface area contributed by atoms with Crippen molar-refractivity contribution in [2.75, 3.05) is 7.11 Å². The topological polar surface area (TPSA) is 122 Å². The summed E-state index contributed by atoms with van der Waals surface area (Å²) in [4.78, 5) is 28.2. The zero-order valence-electron chi connectivity index (χ0n) is 15.8. The average molecular weight is 408 g/mol. The molecule has 10 nitrogen and oxygen atoms in total. The van der Waals surface area contributed by atoms with Gasteiger partial charge in [-0.1, -0.05) is 35.5 Å². The molecule has 0 saturated heterocycles. The molecule has 0 amide bonds. The molecule has 2 aromatic carbocycles. The van der Waals surface area contributed by atoms with Crippen LogP contribution in [0, 0.1) is 0 Å². The maximum absolute atomic E-state index is 12.1. The molecule has 0 N–H and O–H groups in total. The lowest BCUT2D eigenvalue weighted by atomic mass is 10.2. The van der Waals surface area contributed by atoms with E-state index in [1.807, 2.05) is 18.2 Å². The molecule has 152 valence electrons. The largest absolute Gasteiger partial charge is 0.496 e. The highest BCUT2D eigenvalue weighted by Gasteiger charge is 2.17. The summed E-state index contributed by atoms with van der Waals surface area (Å²) >= 11 is 0. The van der Waals surface area contributed by atoms with Crippen molar-refractivity contribution < 1.29 is 23.2 Å². The van der Waals surface area contributed by atoms with Gasteiger partial charge in [-0.25, -0.2) is 4.79 Å². The lowest BCUT2D eigenvalue weighted by molar-refractivity contribution is -0.146. The molecule has 2 aromatic heterocycles. The maximum atomic E-state index is 12.1. The summed E-state index contributed by atoms with van der Waals surface area (Å²) in [7, 11) is 1.54. The minimum Gasteiger partial charge on any atom is -0.496 e. The van der Waals surface area contributed by atoms with Crippen LogP contribution < -0.4 is 10.5 Å². The third-order valence-corrected chi connectivity index (χ3v) is 4.08. The van der Waals surface area contributed by atoms with Gasteiger partial charge in [-0.2, -0.15) is 9.67 Å².